The summed E-state index contributed by atoms with van der Waals surface area (Å²) in [5.41, 5.74) is -8.42. The number of amides is 1. The number of furan rings is 1. The third kappa shape index (κ3) is 8.50. The molecule has 0 radical (unpaired) electrons. The number of ether oxygens (including phenoxy) is 7. The van der Waals surface area contributed by atoms with E-state index < -0.39 is 125 Å². The summed E-state index contributed by atoms with van der Waals surface area (Å²) in [6.07, 6.45) is -10.6. The number of esters is 4. The highest BCUT2D eigenvalue weighted by Crippen LogP contribution is 2.64. The molecule has 3 aliphatic carbocycles. The molecule has 18 nitrogen and oxygen atoms in total. The van der Waals surface area contributed by atoms with Gasteiger partial charge in [-0.2, -0.15) is 0 Å². The number of Topliss-reactive ketones (excluding diaryl/α,β-unsaturated/α-hetero) is 1. The van der Waals surface area contributed by atoms with Gasteiger partial charge >= 0.3 is 30.0 Å². The molecule has 2 aromatic rings. The van der Waals surface area contributed by atoms with Crippen molar-refractivity contribution in [2.75, 3.05) is 26.9 Å². The lowest BCUT2D eigenvalue weighted by Gasteiger charge is -2.67. The molecule has 4 aliphatic rings. The van der Waals surface area contributed by atoms with Gasteiger partial charge < -0.3 is 58.2 Å². The Hall–Kier alpha value is -5.14. The molecule has 4 N–H and O–H groups in total. The van der Waals surface area contributed by atoms with Crippen molar-refractivity contribution in [1.29, 1.82) is 0 Å². The molecule has 6 rings (SSSR count). The second kappa shape index (κ2) is 17.4. The van der Waals surface area contributed by atoms with Gasteiger partial charge in [0.1, 0.15) is 54.5 Å². The van der Waals surface area contributed by atoms with Crippen molar-refractivity contribution in [3.8, 4) is 0 Å². The van der Waals surface area contributed by atoms with Gasteiger partial charge in [-0.05, 0) is 54.7 Å². The Bertz CT molecular complexity index is 2110. The highest BCUT2D eigenvalue weighted by Gasteiger charge is 2.78. The van der Waals surface area contributed by atoms with Gasteiger partial charge in [0, 0.05) is 32.3 Å². The smallest absolute Gasteiger partial charge is 0.407 e. The number of aliphatic hydroxyl groups excluding tert-OH is 2. The van der Waals surface area contributed by atoms with Crippen LogP contribution in [0.3, 0.4) is 0 Å². The van der Waals surface area contributed by atoms with E-state index in [1.165, 1.54) is 65.3 Å². The fourth-order valence-corrected chi connectivity index (χ4v) is 9.80. The average molecular weight is 884 g/mol. The maximum Gasteiger partial charge on any atom is 0.407 e. The lowest BCUT2D eigenvalue weighted by Crippen LogP contribution is -2.82. The molecule has 1 unspecified atom stereocenters. The number of hydrogen-bond donors (Lipinski definition) is 4. The molecule has 2 saturated carbocycles. The van der Waals surface area contributed by atoms with Crippen molar-refractivity contribution in [2.45, 2.75) is 122 Å². The minimum absolute atomic E-state index is 0.00743. The predicted octanol–water partition coefficient (Wildman–Crippen LogP) is 3.30. The van der Waals surface area contributed by atoms with E-state index in [1.807, 2.05) is 20.8 Å². The second-order valence-corrected chi connectivity index (χ2v) is 18.7. The summed E-state index contributed by atoms with van der Waals surface area (Å²) in [6.45, 7) is 11.7. The van der Waals surface area contributed by atoms with Crippen molar-refractivity contribution < 1.29 is 81.7 Å². The monoisotopic (exact) mass is 883 g/mol. The SMILES string of the molecule is COCC(=O)O[C@H]1C[C@H]2OC[C@@]2(OC(C)=O)C2[C@H](OC(=O)c3ccccc3)[C@]3(O)C[C@H](OC(=O)[C@H](O)[C@@H](NC(=O)OCC(C)(C)C)c4ccco4)C(C)=C([C@@H](O)C(=O)[C@@]21C)C3(C)C. The Morgan fingerprint density at radius 3 is 2.25 bits per heavy atom. The zero-order valence-electron chi connectivity index (χ0n) is 36.8. The Labute approximate surface area is 364 Å². The number of ketones is 1. The van der Waals surface area contributed by atoms with Gasteiger partial charge in [-0.25, -0.2) is 19.2 Å². The van der Waals surface area contributed by atoms with Crippen LogP contribution in [0, 0.1) is 22.2 Å². The van der Waals surface area contributed by atoms with Gasteiger partial charge in [-0.3, -0.25) is 9.59 Å². The summed E-state index contributed by atoms with van der Waals surface area (Å²) >= 11 is 0. The molecular weight excluding hydrogens is 826 g/mol. The van der Waals surface area contributed by atoms with Gasteiger partial charge in [0.15, 0.2) is 17.5 Å². The fourth-order valence-electron chi connectivity index (χ4n) is 9.80. The Morgan fingerprint density at radius 1 is 1.00 bits per heavy atom. The summed E-state index contributed by atoms with van der Waals surface area (Å²) in [7, 11) is 1.27. The Morgan fingerprint density at radius 2 is 1.68 bits per heavy atom. The van der Waals surface area contributed by atoms with E-state index in [9.17, 15) is 39.3 Å². The Kier molecular flexibility index (Phi) is 13.1. The standard InChI is InChI=1S/C45H57NO17/c1-23-27(60-39(53)34(50)32(26-16-13-17-57-26)46-40(54)59-21-41(3,4)5)19-45(55)37(62-38(52)25-14-11-10-12-15-25)35-43(8,36(51)33(49)31(23)42(45,6)7)28(61-30(48)20-56-9)18-29-44(35,22-58-29)63-24(2)47/h10-17,27-29,32-35,37,49-50,55H,18-22H2,1-9H3,(H,46,54)/t27-,28-,29+,32-,33+,34+,35?,37-,43+,44-,45+/m0/s1. The van der Waals surface area contributed by atoms with Crippen LogP contribution >= 0.6 is 0 Å². The average Bonchev–Trinajstić information content (AvgIpc) is 3.75. The number of rotatable bonds is 12. The van der Waals surface area contributed by atoms with Crippen LogP contribution in [-0.2, 0) is 52.3 Å². The first-order valence-electron chi connectivity index (χ1n) is 20.7. The summed E-state index contributed by atoms with van der Waals surface area (Å²) < 4.78 is 46.1. The van der Waals surface area contributed by atoms with Gasteiger partial charge in [0.05, 0.1) is 36.4 Å². The number of benzene rings is 1. The number of carbonyl (C=O) groups is 6. The molecule has 2 heterocycles. The van der Waals surface area contributed by atoms with Gasteiger partial charge in [-0.15, -0.1) is 0 Å². The second-order valence-electron chi connectivity index (χ2n) is 18.7. The van der Waals surface area contributed by atoms with Crippen LogP contribution in [0.1, 0.15) is 90.4 Å². The van der Waals surface area contributed by atoms with E-state index in [1.54, 1.807) is 18.2 Å². The molecular formula is C45H57NO17. The van der Waals surface area contributed by atoms with E-state index in [0.717, 1.165) is 6.92 Å². The zero-order chi connectivity index (χ0) is 46.4. The lowest BCUT2D eigenvalue weighted by atomic mass is 9.44. The number of fused-ring (bicyclic) bond motifs is 5. The first-order valence-corrected chi connectivity index (χ1v) is 20.7. The van der Waals surface area contributed by atoms with Crippen molar-refractivity contribution in [3.63, 3.8) is 0 Å². The van der Waals surface area contributed by atoms with E-state index in [2.05, 4.69) is 5.32 Å². The molecule has 1 aromatic carbocycles. The summed E-state index contributed by atoms with van der Waals surface area (Å²) in [5.74, 6) is -6.55. The van der Waals surface area contributed by atoms with Gasteiger partial charge in [-0.1, -0.05) is 52.8 Å². The molecule has 1 saturated heterocycles. The number of methoxy groups -OCH3 is 1. The molecule has 3 fully saturated rings. The predicted molar refractivity (Wildman–Crippen MR) is 216 cm³/mol. The van der Waals surface area contributed by atoms with E-state index in [4.69, 9.17) is 37.6 Å². The molecule has 2 bridgehead atoms. The van der Waals surface area contributed by atoms with Crippen LogP contribution in [0.4, 0.5) is 4.79 Å². The summed E-state index contributed by atoms with van der Waals surface area (Å²) in [4.78, 5) is 83.0. The van der Waals surface area contributed by atoms with Crippen LogP contribution in [0.25, 0.3) is 0 Å². The number of alkyl carbamates (subject to hydrolysis) is 1. The maximum absolute atomic E-state index is 15.4. The fraction of sp³-hybridized carbons (Fsp3) is 0.600. The number of carbonyl (C=O) groups excluding carboxylic acids is 6. The van der Waals surface area contributed by atoms with Crippen LogP contribution in [0.5, 0.6) is 0 Å². The molecule has 63 heavy (non-hydrogen) atoms. The van der Waals surface area contributed by atoms with Crippen LogP contribution in [0.2, 0.25) is 0 Å². The molecule has 344 valence electrons. The third-order valence-corrected chi connectivity index (χ3v) is 13.0. The van der Waals surface area contributed by atoms with Gasteiger partial charge in [0.2, 0.25) is 0 Å². The van der Waals surface area contributed by atoms with Crippen molar-refractivity contribution in [1.82, 2.24) is 5.32 Å². The quantitative estimate of drug-likeness (QED) is 0.136. The van der Waals surface area contributed by atoms with E-state index >= 15 is 4.79 Å². The summed E-state index contributed by atoms with van der Waals surface area (Å²) in [6, 6.07) is 9.11. The zero-order valence-corrected chi connectivity index (χ0v) is 36.8. The molecule has 1 aromatic heterocycles. The highest BCUT2D eigenvalue weighted by molar-refractivity contribution is 5.94. The molecule has 11 atom stereocenters. The van der Waals surface area contributed by atoms with E-state index in [-0.39, 0.29) is 42.1 Å². The van der Waals surface area contributed by atoms with Crippen molar-refractivity contribution in [2.24, 2.45) is 22.2 Å². The largest absolute Gasteiger partial charge is 0.467 e. The number of nitrogens with one attached hydrogen (secondary N) is 1. The van der Waals surface area contributed by atoms with Crippen LogP contribution < -0.4 is 5.32 Å². The number of hydrogen-bond acceptors (Lipinski definition) is 17. The first kappa shape index (κ1) is 47.3. The first-order chi connectivity index (χ1) is 29.4. The topological polar surface area (TPSA) is 253 Å². The number of aliphatic hydroxyl groups is 3. The molecule has 1 amide bonds. The molecule has 18 heteroatoms. The molecule has 1 aliphatic heterocycles. The highest BCUT2D eigenvalue weighted by atomic mass is 16.6. The molecule has 0 spiro atoms. The summed E-state index contributed by atoms with van der Waals surface area (Å²) in [5, 5.41) is 40.1. The van der Waals surface area contributed by atoms with Crippen LogP contribution in [0.15, 0.2) is 64.3 Å². The maximum atomic E-state index is 15.4. The Balaban J connectivity index is 1.50. The van der Waals surface area contributed by atoms with Crippen LogP contribution in [-0.4, -0.2) is 126 Å². The van der Waals surface area contributed by atoms with Gasteiger partial charge in [0.25, 0.3) is 0 Å². The minimum atomic E-state index is -2.43. The minimum Gasteiger partial charge on any atom is -0.467 e. The normalized spacial score (nSPS) is 31.9. The van der Waals surface area contributed by atoms with Crippen molar-refractivity contribution in [3.05, 3.63) is 71.2 Å². The van der Waals surface area contributed by atoms with Crippen molar-refractivity contribution >= 4 is 35.8 Å². The van der Waals surface area contributed by atoms with E-state index in [0.29, 0.717) is 0 Å². The lowest BCUT2D eigenvalue weighted by molar-refractivity contribution is -0.346. The third-order valence-electron chi connectivity index (χ3n) is 13.0.